The molecule has 34 heavy (non-hydrogen) atoms. The number of carbonyl (C=O) groups is 1. The SMILES string of the molecule is CC(COC(c1ccccc1)c1ccccc1)(Cc1ccc(C(N)=O)cc1)CC1(C)C=CC=N1. The molecule has 4 heteroatoms. The highest BCUT2D eigenvalue weighted by atomic mass is 16.5. The Labute approximate surface area is 202 Å². The molecule has 3 aromatic carbocycles. The molecule has 0 saturated heterocycles. The number of benzene rings is 3. The third-order valence-electron chi connectivity index (χ3n) is 6.37. The fourth-order valence-corrected chi connectivity index (χ4v) is 4.84. The summed E-state index contributed by atoms with van der Waals surface area (Å²) in [6, 6.07) is 28.3. The smallest absolute Gasteiger partial charge is 0.248 e. The lowest BCUT2D eigenvalue weighted by molar-refractivity contribution is 0.00528. The molecule has 1 heterocycles. The Bertz CT molecular complexity index is 1100. The van der Waals surface area contributed by atoms with Crippen molar-refractivity contribution >= 4 is 12.1 Å². The zero-order chi connectivity index (χ0) is 24.0. The van der Waals surface area contributed by atoms with Crippen LogP contribution in [0.15, 0.2) is 102 Å². The Morgan fingerprint density at radius 3 is 2.06 bits per heavy atom. The van der Waals surface area contributed by atoms with Gasteiger partial charge in [0.1, 0.15) is 6.10 Å². The van der Waals surface area contributed by atoms with Crippen molar-refractivity contribution in [3.63, 3.8) is 0 Å². The van der Waals surface area contributed by atoms with E-state index < -0.39 is 5.91 Å². The third-order valence-corrected chi connectivity index (χ3v) is 6.37. The Balaban J connectivity index is 1.60. The molecule has 0 radical (unpaired) electrons. The number of ether oxygens (including phenoxy) is 1. The minimum atomic E-state index is -0.413. The van der Waals surface area contributed by atoms with E-state index in [0.717, 1.165) is 29.5 Å². The fraction of sp³-hybridized carbons (Fsp3) is 0.267. The van der Waals surface area contributed by atoms with Crippen LogP contribution < -0.4 is 5.73 Å². The van der Waals surface area contributed by atoms with Gasteiger partial charge >= 0.3 is 0 Å². The molecular weight excluding hydrogens is 420 g/mol. The lowest BCUT2D eigenvalue weighted by Gasteiger charge is -2.36. The number of primary amides is 1. The van der Waals surface area contributed by atoms with Gasteiger partial charge in [-0.25, -0.2) is 0 Å². The van der Waals surface area contributed by atoms with Gasteiger partial charge in [0.05, 0.1) is 12.1 Å². The van der Waals surface area contributed by atoms with E-state index in [9.17, 15) is 4.79 Å². The molecule has 0 saturated carbocycles. The van der Waals surface area contributed by atoms with Gasteiger partial charge in [-0.15, -0.1) is 0 Å². The maximum Gasteiger partial charge on any atom is 0.248 e. The molecular formula is C30H32N2O2. The van der Waals surface area contributed by atoms with E-state index >= 15 is 0 Å². The Morgan fingerprint density at radius 2 is 1.56 bits per heavy atom. The molecule has 0 aliphatic carbocycles. The number of hydrogen-bond acceptors (Lipinski definition) is 3. The molecule has 2 atom stereocenters. The van der Waals surface area contributed by atoms with E-state index in [2.05, 4.69) is 44.2 Å². The van der Waals surface area contributed by atoms with Crippen LogP contribution in [-0.4, -0.2) is 24.3 Å². The molecule has 1 amide bonds. The molecule has 0 fully saturated rings. The summed E-state index contributed by atoms with van der Waals surface area (Å²) in [6.07, 6.45) is 7.52. The summed E-state index contributed by atoms with van der Waals surface area (Å²) >= 11 is 0. The van der Waals surface area contributed by atoms with Gasteiger partial charge in [0.25, 0.3) is 0 Å². The molecule has 4 nitrogen and oxygen atoms in total. The van der Waals surface area contributed by atoms with Gasteiger partial charge in [-0.1, -0.05) is 85.8 Å². The summed E-state index contributed by atoms with van der Waals surface area (Å²) in [6.45, 7) is 4.97. The van der Waals surface area contributed by atoms with Crippen LogP contribution in [-0.2, 0) is 11.2 Å². The van der Waals surface area contributed by atoms with Gasteiger partial charge < -0.3 is 10.5 Å². The number of hydrogen-bond donors (Lipinski definition) is 1. The second kappa shape index (κ2) is 10.2. The molecule has 1 aliphatic rings. The number of aliphatic imine (C=N–C) groups is 1. The maximum atomic E-state index is 11.5. The van der Waals surface area contributed by atoms with E-state index in [0.29, 0.717) is 12.2 Å². The van der Waals surface area contributed by atoms with Gasteiger partial charge in [0, 0.05) is 11.8 Å². The second-order valence-electron chi connectivity index (χ2n) is 9.73. The van der Waals surface area contributed by atoms with E-state index in [1.807, 2.05) is 60.8 Å². The van der Waals surface area contributed by atoms with Crippen LogP contribution in [0.3, 0.4) is 0 Å². The summed E-state index contributed by atoms with van der Waals surface area (Å²) in [5.41, 5.74) is 8.89. The van der Waals surface area contributed by atoms with Crippen molar-refractivity contribution in [2.45, 2.75) is 38.3 Å². The molecule has 1 aliphatic heterocycles. The molecule has 0 spiro atoms. The minimum absolute atomic E-state index is 0.158. The van der Waals surface area contributed by atoms with Gasteiger partial charge in [-0.05, 0) is 60.1 Å². The lowest BCUT2D eigenvalue weighted by atomic mass is 9.74. The summed E-state index contributed by atoms with van der Waals surface area (Å²) in [5, 5.41) is 0. The van der Waals surface area contributed by atoms with E-state index in [4.69, 9.17) is 15.5 Å². The van der Waals surface area contributed by atoms with Gasteiger partial charge in [-0.2, -0.15) is 0 Å². The molecule has 3 aromatic rings. The van der Waals surface area contributed by atoms with Gasteiger partial charge in [0.2, 0.25) is 5.91 Å². The highest BCUT2D eigenvalue weighted by molar-refractivity contribution is 5.92. The topological polar surface area (TPSA) is 64.7 Å². The van der Waals surface area contributed by atoms with Crippen molar-refractivity contribution < 1.29 is 9.53 Å². The first-order valence-corrected chi connectivity index (χ1v) is 11.7. The van der Waals surface area contributed by atoms with Crippen LogP contribution >= 0.6 is 0 Å². The largest absolute Gasteiger partial charge is 0.368 e. The highest BCUT2D eigenvalue weighted by Crippen LogP contribution is 2.38. The third kappa shape index (κ3) is 5.89. The average Bonchev–Trinajstić information content (AvgIpc) is 3.26. The Hall–Kier alpha value is -3.50. The Morgan fingerprint density at radius 1 is 0.971 bits per heavy atom. The van der Waals surface area contributed by atoms with Crippen LogP contribution in [0, 0.1) is 5.41 Å². The molecule has 0 bridgehead atoms. The first-order valence-electron chi connectivity index (χ1n) is 11.7. The molecule has 174 valence electrons. The van der Waals surface area contributed by atoms with Crippen LogP contribution in [0.2, 0.25) is 0 Å². The number of amides is 1. The summed E-state index contributed by atoms with van der Waals surface area (Å²) in [5.74, 6) is -0.413. The predicted molar refractivity (Wildman–Crippen MR) is 138 cm³/mol. The number of carbonyl (C=O) groups excluding carboxylic acids is 1. The van der Waals surface area contributed by atoms with E-state index in [-0.39, 0.29) is 17.1 Å². The zero-order valence-corrected chi connectivity index (χ0v) is 19.9. The van der Waals surface area contributed by atoms with Crippen molar-refractivity contribution in [2.75, 3.05) is 6.61 Å². The normalized spacial score (nSPS) is 18.8. The van der Waals surface area contributed by atoms with Crippen molar-refractivity contribution in [3.8, 4) is 0 Å². The van der Waals surface area contributed by atoms with Crippen LogP contribution in [0.25, 0.3) is 0 Å². The number of rotatable bonds is 10. The lowest BCUT2D eigenvalue weighted by Crippen LogP contribution is -2.35. The molecule has 4 rings (SSSR count). The van der Waals surface area contributed by atoms with E-state index in [1.165, 1.54) is 0 Å². The van der Waals surface area contributed by atoms with E-state index in [1.54, 1.807) is 12.1 Å². The summed E-state index contributed by atoms with van der Waals surface area (Å²) in [4.78, 5) is 16.2. The summed E-state index contributed by atoms with van der Waals surface area (Å²) in [7, 11) is 0. The van der Waals surface area contributed by atoms with Crippen molar-refractivity contribution in [3.05, 3.63) is 119 Å². The van der Waals surface area contributed by atoms with Gasteiger partial charge in [-0.3, -0.25) is 9.79 Å². The zero-order valence-electron chi connectivity index (χ0n) is 19.9. The second-order valence-corrected chi connectivity index (χ2v) is 9.73. The highest BCUT2D eigenvalue weighted by Gasteiger charge is 2.36. The average molecular weight is 453 g/mol. The Kier molecular flexibility index (Phi) is 7.09. The van der Waals surface area contributed by atoms with Crippen molar-refractivity contribution in [2.24, 2.45) is 16.1 Å². The number of allylic oxidation sites excluding steroid dienone is 1. The molecule has 2 N–H and O–H groups in total. The summed E-state index contributed by atoms with van der Waals surface area (Å²) < 4.78 is 6.72. The van der Waals surface area contributed by atoms with Crippen molar-refractivity contribution in [1.82, 2.24) is 0 Å². The number of nitrogens with two attached hydrogens (primary N) is 1. The monoisotopic (exact) mass is 452 g/mol. The van der Waals surface area contributed by atoms with Crippen LogP contribution in [0.4, 0.5) is 0 Å². The first kappa shape index (κ1) is 23.7. The molecule has 2 unspecified atom stereocenters. The first-order chi connectivity index (χ1) is 16.4. The van der Waals surface area contributed by atoms with Crippen LogP contribution in [0.1, 0.15) is 53.4 Å². The van der Waals surface area contributed by atoms with Crippen LogP contribution in [0.5, 0.6) is 0 Å². The minimum Gasteiger partial charge on any atom is -0.368 e. The fourth-order valence-electron chi connectivity index (χ4n) is 4.84. The van der Waals surface area contributed by atoms with Gasteiger partial charge in [0.15, 0.2) is 0 Å². The standard InChI is InChI=1S/C30H32N2O2/c1-29(21-30(2)18-9-19-32-30,20-23-14-16-26(17-15-23)28(31)33)22-34-27(24-10-5-3-6-11-24)25-12-7-4-8-13-25/h3-19,27H,20-22H2,1-2H3,(H2,31,33). The van der Waals surface area contributed by atoms with Crippen molar-refractivity contribution in [1.29, 1.82) is 0 Å². The number of nitrogens with zero attached hydrogens (tertiary/aromatic N) is 1. The molecule has 0 aromatic heterocycles. The predicted octanol–water partition coefficient (Wildman–Crippen LogP) is 5.93. The quantitative estimate of drug-likeness (QED) is 0.414. The maximum absolute atomic E-state index is 11.5.